The molecule has 0 saturated carbocycles. The zero-order valence-electron chi connectivity index (χ0n) is 12.1. The van der Waals surface area contributed by atoms with E-state index in [1.807, 2.05) is 6.08 Å². The van der Waals surface area contributed by atoms with E-state index in [2.05, 4.69) is 16.8 Å². The van der Waals surface area contributed by atoms with E-state index in [1.54, 1.807) is 17.0 Å². The van der Waals surface area contributed by atoms with Gasteiger partial charge in [0.2, 0.25) is 5.91 Å². The second kappa shape index (κ2) is 7.64. The van der Waals surface area contributed by atoms with Crippen LogP contribution in [-0.4, -0.2) is 60.9 Å². The number of rotatable bonds is 5. The summed E-state index contributed by atoms with van der Waals surface area (Å²) in [5.41, 5.74) is 0. The molecule has 1 aromatic rings. The van der Waals surface area contributed by atoms with E-state index in [-0.39, 0.29) is 24.1 Å². The normalized spacial score (nSPS) is 16.3. The van der Waals surface area contributed by atoms with Gasteiger partial charge in [-0.3, -0.25) is 14.5 Å². The van der Waals surface area contributed by atoms with Gasteiger partial charge in [0.15, 0.2) is 5.76 Å². The molecule has 21 heavy (non-hydrogen) atoms. The number of hydrogen-bond acceptors (Lipinski definition) is 4. The molecule has 6 heteroatoms. The molecular weight excluding hydrogens is 270 g/mol. The molecule has 1 aliphatic rings. The molecule has 1 fully saturated rings. The van der Waals surface area contributed by atoms with Crippen LogP contribution < -0.4 is 5.32 Å². The maximum atomic E-state index is 12.1. The van der Waals surface area contributed by atoms with Crippen LogP contribution in [0.1, 0.15) is 17.0 Å². The van der Waals surface area contributed by atoms with Crippen LogP contribution in [0.25, 0.3) is 0 Å². The Morgan fingerprint density at radius 1 is 1.33 bits per heavy atom. The van der Waals surface area contributed by atoms with Crippen molar-refractivity contribution in [2.24, 2.45) is 0 Å². The van der Waals surface area contributed by atoms with E-state index >= 15 is 0 Å². The van der Waals surface area contributed by atoms with Gasteiger partial charge in [-0.1, -0.05) is 6.08 Å². The van der Waals surface area contributed by atoms with Crippen molar-refractivity contribution in [1.82, 2.24) is 15.1 Å². The smallest absolute Gasteiger partial charge is 0.287 e. The number of amides is 2. The van der Waals surface area contributed by atoms with Crippen LogP contribution in [0.5, 0.6) is 0 Å². The second-order valence-electron chi connectivity index (χ2n) is 4.98. The lowest BCUT2D eigenvalue weighted by molar-refractivity contribution is -0.129. The topological polar surface area (TPSA) is 65.8 Å². The molecule has 1 N–H and O–H groups in total. The van der Waals surface area contributed by atoms with Crippen LogP contribution in [0.15, 0.2) is 35.5 Å². The molecule has 0 radical (unpaired) electrons. The van der Waals surface area contributed by atoms with E-state index < -0.39 is 0 Å². The fourth-order valence-corrected chi connectivity index (χ4v) is 2.35. The number of carbonyl (C=O) groups excluding carboxylic acids is 2. The third-order valence-electron chi connectivity index (χ3n) is 3.47. The van der Waals surface area contributed by atoms with Crippen LogP contribution in [0.2, 0.25) is 0 Å². The molecule has 0 bridgehead atoms. The molecule has 1 aromatic heterocycles. The molecular formula is C15H21N3O3. The molecule has 6 nitrogen and oxygen atoms in total. The Hall–Kier alpha value is -2.08. The van der Waals surface area contributed by atoms with Crippen LogP contribution in [0, 0.1) is 0 Å². The molecule has 0 atom stereocenters. The first-order valence-corrected chi connectivity index (χ1v) is 7.13. The largest absolute Gasteiger partial charge is 0.459 e. The van der Waals surface area contributed by atoms with Gasteiger partial charge in [0.25, 0.3) is 5.91 Å². The minimum absolute atomic E-state index is 0.000984. The standard InChI is InChI=1S/C15H21N3O3/c1-2-6-17-7-4-8-18(10-9-17)14(19)12-16-15(20)13-5-3-11-21-13/h2-3,5,11H,1,4,6-10,12H2,(H,16,20). The predicted molar refractivity (Wildman–Crippen MR) is 78.9 cm³/mol. The quantitative estimate of drug-likeness (QED) is 0.812. The lowest BCUT2D eigenvalue weighted by Gasteiger charge is -2.21. The van der Waals surface area contributed by atoms with Gasteiger partial charge in [-0.2, -0.15) is 0 Å². The summed E-state index contributed by atoms with van der Waals surface area (Å²) in [5.74, 6) is -0.206. The summed E-state index contributed by atoms with van der Waals surface area (Å²) in [6.45, 7) is 7.79. The van der Waals surface area contributed by atoms with E-state index in [9.17, 15) is 9.59 Å². The Labute approximate surface area is 124 Å². The Morgan fingerprint density at radius 2 is 2.19 bits per heavy atom. The van der Waals surface area contributed by atoms with Gasteiger partial charge >= 0.3 is 0 Å². The van der Waals surface area contributed by atoms with Crippen molar-refractivity contribution in [2.75, 3.05) is 39.3 Å². The van der Waals surface area contributed by atoms with Crippen LogP contribution in [0.4, 0.5) is 0 Å². The van der Waals surface area contributed by atoms with Gasteiger partial charge in [-0.05, 0) is 18.6 Å². The van der Waals surface area contributed by atoms with Crippen molar-refractivity contribution in [2.45, 2.75) is 6.42 Å². The maximum absolute atomic E-state index is 12.1. The molecule has 0 spiro atoms. The highest BCUT2D eigenvalue weighted by Gasteiger charge is 2.19. The summed E-state index contributed by atoms with van der Waals surface area (Å²) in [6.07, 6.45) is 4.24. The first-order valence-electron chi connectivity index (χ1n) is 7.13. The summed E-state index contributed by atoms with van der Waals surface area (Å²) in [6, 6.07) is 3.21. The lowest BCUT2D eigenvalue weighted by atomic mass is 10.3. The van der Waals surface area contributed by atoms with Crippen LogP contribution in [-0.2, 0) is 4.79 Å². The van der Waals surface area contributed by atoms with Crippen molar-refractivity contribution in [3.05, 3.63) is 36.8 Å². The summed E-state index contributed by atoms with van der Waals surface area (Å²) >= 11 is 0. The monoisotopic (exact) mass is 291 g/mol. The maximum Gasteiger partial charge on any atom is 0.287 e. The lowest BCUT2D eigenvalue weighted by Crippen LogP contribution is -2.41. The van der Waals surface area contributed by atoms with Gasteiger partial charge in [-0.25, -0.2) is 0 Å². The molecule has 114 valence electrons. The fourth-order valence-electron chi connectivity index (χ4n) is 2.35. The van der Waals surface area contributed by atoms with Gasteiger partial charge in [0.1, 0.15) is 0 Å². The minimum atomic E-state index is -0.364. The summed E-state index contributed by atoms with van der Waals surface area (Å²) in [4.78, 5) is 27.9. The highest BCUT2D eigenvalue weighted by atomic mass is 16.3. The average Bonchev–Trinajstić information content (AvgIpc) is 2.92. The van der Waals surface area contributed by atoms with Gasteiger partial charge in [0, 0.05) is 32.7 Å². The van der Waals surface area contributed by atoms with Crippen molar-refractivity contribution in [3.63, 3.8) is 0 Å². The first-order chi connectivity index (χ1) is 10.2. The van der Waals surface area contributed by atoms with Crippen LogP contribution in [0.3, 0.4) is 0 Å². The van der Waals surface area contributed by atoms with Crippen molar-refractivity contribution in [3.8, 4) is 0 Å². The highest BCUT2D eigenvalue weighted by molar-refractivity contribution is 5.94. The summed E-state index contributed by atoms with van der Waals surface area (Å²) in [5, 5.41) is 2.59. The molecule has 1 aliphatic heterocycles. The number of nitrogens with one attached hydrogen (secondary N) is 1. The van der Waals surface area contributed by atoms with Gasteiger partial charge < -0.3 is 14.6 Å². The Morgan fingerprint density at radius 3 is 2.90 bits per heavy atom. The molecule has 0 unspecified atom stereocenters. The predicted octanol–water partition coefficient (Wildman–Crippen LogP) is 0.730. The van der Waals surface area contributed by atoms with Crippen molar-refractivity contribution >= 4 is 11.8 Å². The molecule has 2 amide bonds. The highest BCUT2D eigenvalue weighted by Crippen LogP contribution is 2.04. The zero-order valence-corrected chi connectivity index (χ0v) is 12.1. The van der Waals surface area contributed by atoms with E-state index in [1.165, 1.54) is 6.26 Å². The van der Waals surface area contributed by atoms with E-state index in [0.29, 0.717) is 6.54 Å². The Balaban J connectivity index is 1.78. The first kappa shape index (κ1) is 15.3. The number of hydrogen-bond donors (Lipinski definition) is 1. The number of furan rings is 1. The summed E-state index contributed by atoms with van der Waals surface area (Å²) < 4.78 is 4.98. The SMILES string of the molecule is C=CCN1CCCN(C(=O)CNC(=O)c2ccco2)CC1. The Kier molecular flexibility index (Phi) is 5.57. The number of carbonyl (C=O) groups is 2. The molecule has 2 heterocycles. The Bertz CT molecular complexity index is 484. The molecule has 2 rings (SSSR count). The molecule has 0 aromatic carbocycles. The fraction of sp³-hybridized carbons (Fsp3) is 0.467. The second-order valence-corrected chi connectivity index (χ2v) is 4.98. The van der Waals surface area contributed by atoms with Gasteiger partial charge in [-0.15, -0.1) is 6.58 Å². The average molecular weight is 291 g/mol. The number of nitrogens with zero attached hydrogens (tertiary/aromatic N) is 2. The van der Waals surface area contributed by atoms with Gasteiger partial charge in [0.05, 0.1) is 12.8 Å². The minimum Gasteiger partial charge on any atom is -0.459 e. The van der Waals surface area contributed by atoms with Crippen molar-refractivity contribution in [1.29, 1.82) is 0 Å². The molecule has 0 aliphatic carbocycles. The summed E-state index contributed by atoms with van der Waals surface area (Å²) in [7, 11) is 0. The van der Waals surface area contributed by atoms with E-state index in [4.69, 9.17) is 4.42 Å². The zero-order chi connectivity index (χ0) is 15.1. The van der Waals surface area contributed by atoms with E-state index in [0.717, 1.165) is 32.6 Å². The molecule has 1 saturated heterocycles. The third kappa shape index (κ3) is 4.46. The van der Waals surface area contributed by atoms with Crippen LogP contribution >= 0.6 is 0 Å². The third-order valence-corrected chi connectivity index (χ3v) is 3.47. The van der Waals surface area contributed by atoms with Crippen molar-refractivity contribution < 1.29 is 14.0 Å².